The number of pyridine rings is 1. The van der Waals surface area contributed by atoms with Gasteiger partial charge in [-0.3, -0.25) is 19.2 Å². The third kappa shape index (κ3) is 9.00. The summed E-state index contributed by atoms with van der Waals surface area (Å²) in [6.07, 6.45) is 7.18. The molecule has 16 nitrogen and oxygen atoms in total. The Balaban J connectivity index is 1.10. The number of rotatable bonds is 9. The average Bonchev–Trinajstić information content (AvgIpc) is 3.60. The number of nitrogens with one attached hydrogen (secondary N) is 5. The van der Waals surface area contributed by atoms with Crippen molar-refractivity contribution in [2.24, 2.45) is 5.92 Å². The summed E-state index contributed by atoms with van der Waals surface area (Å²) in [4.78, 5) is 66.2. The molecule has 1 saturated carbocycles. The first-order valence-electron chi connectivity index (χ1n) is 20.7. The number of nitrogens with zero attached hydrogens (tertiary/aromatic N) is 3. The number of carbonyl (C=O) groups excluding carboxylic acids is 4. The summed E-state index contributed by atoms with van der Waals surface area (Å²) in [5.41, 5.74) is 0.548. The van der Waals surface area contributed by atoms with Crippen molar-refractivity contribution in [1.82, 2.24) is 30.2 Å². The lowest BCUT2D eigenvalue weighted by atomic mass is 10.1. The van der Waals surface area contributed by atoms with E-state index in [1.54, 1.807) is 43.5 Å². The van der Waals surface area contributed by atoms with Gasteiger partial charge >= 0.3 is 0 Å². The molecule has 322 valence electrons. The van der Waals surface area contributed by atoms with E-state index in [0.29, 0.717) is 46.0 Å². The second-order valence-corrected chi connectivity index (χ2v) is 18.8. The van der Waals surface area contributed by atoms with Crippen molar-refractivity contribution >= 4 is 66.7 Å². The molecule has 2 aromatic heterocycles. The zero-order valence-corrected chi connectivity index (χ0v) is 35.9. The lowest BCUT2D eigenvalue weighted by Crippen LogP contribution is -2.57. The van der Waals surface area contributed by atoms with Gasteiger partial charge in [0.2, 0.25) is 17.7 Å². The Morgan fingerprint density at radius 3 is 2.67 bits per heavy atom. The van der Waals surface area contributed by atoms with Gasteiger partial charge in [-0.15, -0.1) is 11.3 Å². The van der Waals surface area contributed by atoms with Gasteiger partial charge in [0.25, 0.3) is 15.9 Å². The van der Waals surface area contributed by atoms with E-state index in [0.717, 1.165) is 30.8 Å². The first kappa shape index (κ1) is 42.0. The van der Waals surface area contributed by atoms with Gasteiger partial charge in [0.05, 0.1) is 30.6 Å². The zero-order valence-electron chi connectivity index (χ0n) is 34.2. The maximum atomic E-state index is 14.6. The standard InChI is InChI=1S/C43H50N8O8S2/c1-25(2)45-42-48-34(24-60-42)33-21-36(29-15-14-27(58-3)19-32(29)46-33)59-28-20-35(51(23-28)40(54)31-16-17-38(52)47-31)39(53)49-43-22-26(43)11-7-5-4-6-10-18-44-30-12-8-9-13-37(30)61(56,57)50-41(43)55/h7-9,11-15,19,21,24-26,28,31,35,44H,4-6,10,16-18,20,22-23H2,1-3H3,(H,45,48)(H,47,52)(H,49,53)(H,50,55)/t26-,28-,31?,35+,43-/m1/s1. The molecule has 3 fully saturated rings. The van der Waals surface area contributed by atoms with E-state index in [1.165, 1.54) is 22.3 Å². The molecular formula is C43H50N8O8S2. The van der Waals surface area contributed by atoms with Crippen molar-refractivity contribution in [3.05, 3.63) is 66.1 Å². The van der Waals surface area contributed by atoms with Crippen LogP contribution in [0.5, 0.6) is 11.5 Å². The number of hydrogen-bond donors (Lipinski definition) is 5. The number of sulfonamides is 1. The van der Waals surface area contributed by atoms with Crippen LogP contribution >= 0.6 is 11.3 Å². The predicted octanol–water partition coefficient (Wildman–Crippen LogP) is 4.74. The predicted molar refractivity (Wildman–Crippen MR) is 231 cm³/mol. The fraction of sp³-hybridized carbons (Fsp3) is 0.442. The van der Waals surface area contributed by atoms with Crippen LogP contribution in [0.3, 0.4) is 0 Å². The largest absolute Gasteiger partial charge is 0.497 e. The molecule has 5 atom stereocenters. The number of ether oxygens (including phenoxy) is 2. The molecule has 1 unspecified atom stereocenters. The number of methoxy groups -OCH3 is 1. The molecule has 5 N–H and O–H groups in total. The molecule has 5 heterocycles. The van der Waals surface area contributed by atoms with Crippen molar-refractivity contribution < 1.29 is 37.1 Å². The Hall–Kier alpha value is -5.75. The van der Waals surface area contributed by atoms with Crippen molar-refractivity contribution in [3.8, 4) is 22.9 Å². The molecule has 4 aromatic rings. The number of anilines is 2. The number of amides is 4. The van der Waals surface area contributed by atoms with Gasteiger partial charge in [-0.2, -0.15) is 0 Å². The number of thiazole rings is 1. The Labute approximate surface area is 358 Å². The van der Waals surface area contributed by atoms with Crippen molar-refractivity contribution in [1.29, 1.82) is 0 Å². The number of carbonyl (C=O) groups is 4. The number of allylic oxidation sites excluding steroid dienone is 1. The van der Waals surface area contributed by atoms with Gasteiger partial charge < -0.3 is 35.6 Å². The number of fused-ring (bicyclic) bond motifs is 3. The fourth-order valence-electron chi connectivity index (χ4n) is 8.24. The normalized spacial score (nSPS) is 25.0. The monoisotopic (exact) mass is 870 g/mol. The van der Waals surface area contributed by atoms with Crippen molar-refractivity contribution in [2.45, 2.75) is 99.9 Å². The van der Waals surface area contributed by atoms with E-state index >= 15 is 0 Å². The molecule has 18 heteroatoms. The highest BCUT2D eigenvalue weighted by Crippen LogP contribution is 2.46. The second kappa shape index (κ2) is 17.3. The van der Waals surface area contributed by atoms with Crippen LogP contribution in [-0.2, 0) is 29.2 Å². The van der Waals surface area contributed by atoms with Gasteiger partial charge in [-0.05, 0) is 70.2 Å². The van der Waals surface area contributed by atoms with E-state index < -0.39 is 57.4 Å². The summed E-state index contributed by atoms with van der Waals surface area (Å²) < 4.78 is 42.0. The number of aromatic nitrogens is 2. The van der Waals surface area contributed by atoms with Crippen LogP contribution < -0.4 is 35.5 Å². The third-order valence-electron chi connectivity index (χ3n) is 11.5. The molecule has 4 aliphatic rings. The maximum Gasteiger partial charge on any atom is 0.266 e. The molecular weight excluding hydrogens is 821 g/mol. The summed E-state index contributed by atoms with van der Waals surface area (Å²) in [5, 5.41) is 15.5. The van der Waals surface area contributed by atoms with Gasteiger partial charge in [0.15, 0.2) is 5.13 Å². The van der Waals surface area contributed by atoms with Crippen molar-refractivity contribution in [3.63, 3.8) is 0 Å². The maximum absolute atomic E-state index is 14.6. The number of likely N-dealkylation sites (tertiary alicyclic amines) is 1. The first-order chi connectivity index (χ1) is 29.3. The molecule has 1 aliphatic carbocycles. The number of hydrogen-bond acceptors (Lipinski definition) is 13. The highest BCUT2D eigenvalue weighted by molar-refractivity contribution is 7.90. The van der Waals surface area contributed by atoms with Gasteiger partial charge in [-0.25, -0.2) is 23.1 Å². The fourth-order valence-corrected chi connectivity index (χ4v) is 10.3. The van der Waals surface area contributed by atoms with Crippen LogP contribution in [0.1, 0.15) is 65.2 Å². The van der Waals surface area contributed by atoms with Crippen LogP contribution in [0.15, 0.2) is 71.0 Å². The first-order valence-corrected chi connectivity index (χ1v) is 23.1. The Morgan fingerprint density at radius 2 is 1.89 bits per heavy atom. The lowest BCUT2D eigenvalue weighted by Gasteiger charge is -2.28. The molecule has 2 saturated heterocycles. The van der Waals surface area contributed by atoms with Crippen LogP contribution in [0.25, 0.3) is 22.3 Å². The van der Waals surface area contributed by atoms with E-state index in [1.807, 2.05) is 37.4 Å². The SMILES string of the molecule is COc1ccc2c(O[C@@H]3C[C@@H](C(=O)N[C@]45C[C@H]4C=CCCCCCNc4ccccc4S(=O)(=O)NC5=O)N(C(=O)C4CCC(=O)N4)C3)cc(-c3csc(NC(C)C)n3)nc2c1. The topological polar surface area (TPSA) is 210 Å². The molecule has 0 radical (unpaired) electrons. The Morgan fingerprint density at radius 1 is 1.05 bits per heavy atom. The minimum absolute atomic E-state index is 0.00154. The lowest BCUT2D eigenvalue weighted by molar-refractivity contribution is -0.141. The van der Waals surface area contributed by atoms with E-state index in [-0.39, 0.29) is 49.1 Å². The summed E-state index contributed by atoms with van der Waals surface area (Å²) in [7, 11) is -2.80. The second-order valence-electron chi connectivity index (χ2n) is 16.3. The molecule has 4 amide bonds. The Kier molecular flexibility index (Phi) is 11.9. The molecule has 8 rings (SSSR count). The van der Waals surface area contributed by atoms with Gasteiger partial charge in [-0.1, -0.05) is 30.7 Å². The zero-order chi connectivity index (χ0) is 42.9. The Bertz CT molecular complexity index is 2490. The quantitative estimate of drug-likeness (QED) is 0.145. The number of para-hydroxylation sites is 1. The molecule has 0 spiro atoms. The highest BCUT2D eigenvalue weighted by atomic mass is 32.2. The number of benzene rings is 2. The minimum Gasteiger partial charge on any atom is -0.497 e. The van der Waals surface area contributed by atoms with E-state index in [2.05, 4.69) is 26.0 Å². The van der Waals surface area contributed by atoms with Crippen LogP contribution in [0, 0.1) is 5.92 Å². The summed E-state index contributed by atoms with van der Waals surface area (Å²) in [6.45, 7) is 4.62. The average molecular weight is 871 g/mol. The van der Waals surface area contributed by atoms with Crippen LogP contribution in [0.2, 0.25) is 0 Å². The van der Waals surface area contributed by atoms with Gasteiger partial charge in [0, 0.05) is 54.2 Å². The minimum atomic E-state index is -4.36. The van der Waals surface area contributed by atoms with Crippen molar-refractivity contribution in [2.75, 3.05) is 30.8 Å². The smallest absolute Gasteiger partial charge is 0.266 e. The molecule has 2 aromatic carbocycles. The van der Waals surface area contributed by atoms with Crippen LogP contribution in [0.4, 0.5) is 10.8 Å². The van der Waals surface area contributed by atoms with Gasteiger partial charge in [0.1, 0.15) is 45.8 Å². The highest BCUT2D eigenvalue weighted by Gasteiger charge is 2.62. The molecule has 0 bridgehead atoms. The molecule has 3 aliphatic heterocycles. The molecule has 61 heavy (non-hydrogen) atoms. The van der Waals surface area contributed by atoms with Crippen LogP contribution in [-0.4, -0.2) is 96.9 Å². The third-order valence-corrected chi connectivity index (χ3v) is 13.7. The van der Waals surface area contributed by atoms with E-state index in [9.17, 15) is 27.6 Å². The van der Waals surface area contributed by atoms with E-state index in [4.69, 9.17) is 19.4 Å². The summed E-state index contributed by atoms with van der Waals surface area (Å²) >= 11 is 1.45. The summed E-state index contributed by atoms with van der Waals surface area (Å²) in [6, 6.07) is 11.8. The summed E-state index contributed by atoms with van der Waals surface area (Å²) in [5.74, 6) is -1.65.